The highest BCUT2D eigenvalue weighted by molar-refractivity contribution is 6.25. The Morgan fingerprint density at radius 3 is 1.57 bits per heavy atom. The van der Waals surface area contributed by atoms with Crippen LogP contribution in [0.25, 0.3) is 76.8 Å². The van der Waals surface area contributed by atoms with Crippen LogP contribution in [0, 0.1) is 0 Å². The minimum absolute atomic E-state index is 0.0960. The van der Waals surface area contributed by atoms with Gasteiger partial charge in [-0.3, -0.25) is 0 Å². The molecule has 0 fully saturated rings. The molecule has 0 bridgehead atoms. The fourth-order valence-electron chi connectivity index (χ4n) is 9.33. The van der Waals surface area contributed by atoms with E-state index in [1.807, 2.05) is 0 Å². The first-order valence-electron chi connectivity index (χ1n) is 17.4. The largest absolute Gasteiger partial charge is 0.0622 e. The second kappa shape index (κ2) is 10.0. The molecule has 0 saturated carbocycles. The normalized spacial score (nSPS) is 14.1. The molecule has 1 spiro atoms. The minimum atomic E-state index is -0.0960. The van der Waals surface area contributed by atoms with Gasteiger partial charge in [-0.05, 0) is 130 Å². The lowest BCUT2D eigenvalue weighted by atomic mass is 9.74. The third-order valence-electron chi connectivity index (χ3n) is 11.6. The molecule has 0 heteroatoms. The van der Waals surface area contributed by atoms with Crippen LogP contribution < -0.4 is 0 Å². The van der Waals surface area contributed by atoms with Crippen molar-refractivity contribution in [3.05, 3.63) is 192 Å². The predicted molar refractivity (Wildman–Crippen MR) is 207 cm³/mol. The number of fused-ring (bicyclic) bond motifs is 6. The van der Waals surface area contributed by atoms with Crippen LogP contribution >= 0.6 is 0 Å². The van der Waals surface area contributed by atoms with E-state index in [-0.39, 0.29) is 5.41 Å². The molecule has 0 radical (unpaired) electrons. The first-order chi connectivity index (χ1) is 24.2. The molecular weight excluding hydrogens is 589 g/mol. The zero-order valence-electron chi connectivity index (χ0n) is 27.1. The number of rotatable bonds is 3. The molecule has 11 rings (SSSR count). The summed E-state index contributed by atoms with van der Waals surface area (Å²) in [4.78, 5) is 0. The molecule has 0 nitrogen and oxygen atoms in total. The van der Waals surface area contributed by atoms with Gasteiger partial charge in [0.25, 0.3) is 0 Å². The lowest BCUT2D eigenvalue weighted by Gasteiger charge is -2.28. The van der Waals surface area contributed by atoms with Crippen molar-refractivity contribution in [3.63, 3.8) is 0 Å². The van der Waals surface area contributed by atoms with Crippen molar-refractivity contribution >= 4 is 32.3 Å². The highest BCUT2D eigenvalue weighted by Crippen LogP contribution is 2.57. The molecule has 9 aromatic rings. The van der Waals surface area contributed by atoms with Gasteiger partial charge in [0, 0.05) is 5.41 Å². The van der Waals surface area contributed by atoms with Crippen molar-refractivity contribution in [2.45, 2.75) is 18.3 Å². The Morgan fingerprint density at radius 1 is 0.327 bits per heavy atom. The van der Waals surface area contributed by atoms with Crippen LogP contribution in [0.15, 0.2) is 170 Å². The molecule has 0 N–H and O–H groups in total. The summed E-state index contributed by atoms with van der Waals surface area (Å²) in [7, 11) is 0. The standard InChI is InChI=1S/C49H32/c1-2-8-31(9-3-1)35-14-7-15-36(26-35)37-20-23-42-43-24-21-38(28-46(43)49(45(42)27-37)29-39-10-4-5-11-40(39)30-49)41-22-18-34-17-16-32-12-6-13-33-19-25-44(41)48(34)47(32)33/h1-28H,29-30H2. The van der Waals surface area contributed by atoms with Crippen LogP contribution in [-0.4, -0.2) is 0 Å². The smallest absolute Gasteiger partial charge is 0.0296 e. The number of benzene rings is 9. The van der Waals surface area contributed by atoms with Crippen molar-refractivity contribution in [1.29, 1.82) is 0 Å². The maximum atomic E-state index is 2.54. The van der Waals surface area contributed by atoms with E-state index < -0.39 is 0 Å². The van der Waals surface area contributed by atoms with E-state index in [1.165, 1.54) is 99.1 Å². The summed E-state index contributed by atoms with van der Waals surface area (Å²) in [6, 6.07) is 64.0. The summed E-state index contributed by atoms with van der Waals surface area (Å²) in [5.74, 6) is 0. The molecule has 228 valence electrons. The van der Waals surface area contributed by atoms with Gasteiger partial charge in [-0.15, -0.1) is 0 Å². The van der Waals surface area contributed by atoms with Gasteiger partial charge in [-0.2, -0.15) is 0 Å². The second-order valence-electron chi connectivity index (χ2n) is 14.1. The highest BCUT2D eigenvalue weighted by atomic mass is 14.5. The lowest BCUT2D eigenvalue weighted by Crippen LogP contribution is -2.26. The lowest BCUT2D eigenvalue weighted by molar-refractivity contribution is 0.564. The molecule has 9 aromatic carbocycles. The number of hydrogen-bond donors (Lipinski definition) is 0. The molecule has 2 aliphatic rings. The van der Waals surface area contributed by atoms with E-state index in [0.717, 1.165) is 12.8 Å². The third-order valence-corrected chi connectivity index (χ3v) is 11.6. The van der Waals surface area contributed by atoms with Gasteiger partial charge in [0.2, 0.25) is 0 Å². The fraction of sp³-hybridized carbons (Fsp3) is 0.0612. The Hall–Kier alpha value is -5.98. The van der Waals surface area contributed by atoms with Crippen LogP contribution in [0.5, 0.6) is 0 Å². The minimum Gasteiger partial charge on any atom is -0.0622 e. The van der Waals surface area contributed by atoms with Gasteiger partial charge >= 0.3 is 0 Å². The summed E-state index contributed by atoms with van der Waals surface area (Å²) in [5.41, 5.74) is 16.2. The number of hydrogen-bond acceptors (Lipinski definition) is 0. The van der Waals surface area contributed by atoms with E-state index in [0.29, 0.717) is 0 Å². The van der Waals surface area contributed by atoms with Crippen molar-refractivity contribution < 1.29 is 0 Å². The van der Waals surface area contributed by atoms with Crippen LogP contribution in [0.4, 0.5) is 0 Å². The maximum Gasteiger partial charge on any atom is 0.0296 e. The van der Waals surface area contributed by atoms with Crippen LogP contribution in [0.2, 0.25) is 0 Å². The quantitative estimate of drug-likeness (QED) is 0.172. The molecule has 0 saturated heterocycles. The van der Waals surface area contributed by atoms with Crippen molar-refractivity contribution in [2.75, 3.05) is 0 Å². The van der Waals surface area contributed by atoms with Crippen LogP contribution in [-0.2, 0) is 18.3 Å². The summed E-state index contributed by atoms with van der Waals surface area (Å²) in [5, 5.41) is 8.02. The summed E-state index contributed by atoms with van der Waals surface area (Å²) in [6.45, 7) is 0. The van der Waals surface area contributed by atoms with Gasteiger partial charge in [0.1, 0.15) is 0 Å². The molecule has 0 unspecified atom stereocenters. The molecule has 0 aromatic heterocycles. The second-order valence-corrected chi connectivity index (χ2v) is 14.1. The highest BCUT2D eigenvalue weighted by Gasteiger charge is 2.47. The SMILES string of the molecule is c1ccc(-c2cccc(-c3ccc4c(c3)C3(Cc5ccccc5C3)c3cc(-c5ccc6ccc7cccc8ccc5c6c78)ccc3-4)c2)cc1. The van der Waals surface area contributed by atoms with E-state index in [2.05, 4.69) is 170 Å². The molecule has 0 amide bonds. The first kappa shape index (κ1) is 27.0. The van der Waals surface area contributed by atoms with E-state index in [1.54, 1.807) is 0 Å². The predicted octanol–water partition coefficient (Wildman–Crippen LogP) is 12.7. The zero-order valence-corrected chi connectivity index (χ0v) is 27.1. The van der Waals surface area contributed by atoms with Crippen LogP contribution in [0.1, 0.15) is 22.3 Å². The van der Waals surface area contributed by atoms with Crippen LogP contribution in [0.3, 0.4) is 0 Å². The van der Waals surface area contributed by atoms with Gasteiger partial charge in [-0.1, -0.05) is 152 Å². The van der Waals surface area contributed by atoms with Gasteiger partial charge in [0.15, 0.2) is 0 Å². The van der Waals surface area contributed by atoms with E-state index in [4.69, 9.17) is 0 Å². The van der Waals surface area contributed by atoms with Crippen molar-refractivity contribution in [1.82, 2.24) is 0 Å². The molecule has 0 aliphatic heterocycles. The molecule has 0 atom stereocenters. The van der Waals surface area contributed by atoms with E-state index in [9.17, 15) is 0 Å². The summed E-state index contributed by atoms with van der Waals surface area (Å²) in [6.07, 6.45) is 2.05. The first-order valence-corrected chi connectivity index (χ1v) is 17.4. The Kier molecular flexibility index (Phi) is 5.52. The average molecular weight is 621 g/mol. The Balaban J connectivity index is 1.10. The Morgan fingerprint density at radius 2 is 0.837 bits per heavy atom. The molecular formula is C49H32. The Labute approximate surface area is 286 Å². The molecule has 0 heterocycles. The molecule has 49 heavy (non-hydrogen) atoms. The topological polar surface area (TPSA) is 0 Å². The summed E-state index contributed by atoms with van der Waals surface area (Å²) >= 11 is 0. The van der Waals surface area contributed by atoms with E-state index >= 15 is 0 Å². The monoisotopic (exact) mass is 620 g/mol. The maximum absolute atomic E-state index is 2.54. The Bertz CT molecular complexity index is 2720. The molecule has 2 aliphatic carbocycles. The zero-order chi connectivity index (χ0) is 32.1. The van der Waals surface area contributed by atoms with Crippen molar-refractivity contribution in [2.24, 2.45) is 0 Å². The van der Waals surface area contributed by atoms with Crippen molar-refractivity contribution in [3.8, 4) is 44.5 Å². The fourth-order valence-corrected chi connectivity index (χ4v) is 9.33. The summed E-state index contributed by atoms with van der Waals surface area (Å²) < 4.78 is 0. The third kappa shape index (κ3) is 3.86. The van der Waals surface area contributed by atoms with Gasteiger partial charge < -0.3 is 0 Å². The average Bonchev–Trinajstić information content (AvgIpc) is 3.69. The van der Waals surface area contributed by atoms with Gasteiger partial charge in [-0.25, -0.2) is 0 Å². The van der Waals surface area contributed by atoms with Gasteiger partial charge in [0.05, 0.1) is 0 Å².